The Morgan fingerprint density at radius 1 is 1.08 bits per heavy atom. The Morgan fingerprint density at radius 3 is 2.11 bits per heavy atom. The molecule has 0 fully saturated rings. The van der Waals surface area contributed by atoms with Gasteiger partial charge in [0.05, 0.1) is 40.7 Å². The van der Waals surface area contributed by atoms with Gasteiger partial charge in [-0.1, -0.05) is 18.2 Å². The van der Waals surface area contributed by atoms with Crippen molar-refractivity contribution in [1.82, 2.24) is 0 Å². The molecule has 1 aliphatic heterocycles. The highest BCUT2D eigenvalue weighted by Crippen LogP contribution is 2.31. The molecule has 2 aromatic rings. The molecule has 12 heteroatoms. The van der Waals surface area contributed by atoms with Crippen LogP contribution in [0.15, 0.2) is 71.4 Å². The van der Waals surface area contributed by atoms with Gasteiger partial charge in [-0.2, -0.15) is 47.1 Å². The molecule has 2 aromatic carbocycles. The fraction of sp³-hybridized carbons (Fsp3) is 0.280. The van der Waals surface area contributed by atoms with Crippen LogP contribution in [-0.4, -0.2) is 29.8 Å². The van der Waals surface area contributed by atoms with Crippen molar-refractivity contribution in [3.05, 3.63) is 72.3 Å². The predicted octanol–water partition coefficient (Wildman–Crippen LogP) is 7.18. The van der Waals surface area contributed by atoms with Crippen molar-refractivity contribution in [1.29, 1.82) is 10.5 Å². The number of nitrogens with zero attached hydrogens (tertiary/aromatic N) is 5. The van der Waals surface area contributed by atoms with E-state index >= 15 is 0 Å². The quantitative estimate of drug-likeness (QED) is 0.200. The summed E-state index contributed by atoms with van der Waals surface area (Å²) < 4.78 is 73.9. The van der Waals surface area contributed by atoms with E-state index in [1.54, 1.807) is 43.3 Å². The van der Waals surface area contributed by atoms with Crippen LogP contribution in [0, 0.1) is 22.7 Å². The van der Waals surface area contributed by atoms with Crippen LogP contribution >= 0.6 is 0 Å². The molecule has 6 nitrogen and oxygen atoms in total. The molecular weight excluding hydrogens is 498 g/mol. The first-order chi connectivity index (χ1) is 17.3. The molecule has 37 heavy (non-hydrogen) atoms. The van der Waals surface area contributed by atoms with Gasteiger partial charge in [-0.3, -0.25) is 10.4 Å². The Labute approximate surface area is 210 Å². The molecular formula is C25H24F6N6. The number of hydrogen-bond donors (Lipinski definition) is 1. The van der Waals surface area contributed by atoms with E-state index in [9.17, 15) is 26.3 Å². The highest BCUT2D eigenvalue weighted by molar-refractivity contribution is 5.93. The van der Waals surface area contributed by atoms with Gasteiger partial charge >= 0.3 is 12.4 Å². The number of benzene rings is 2. The van der Waals surface area contributed by atoms with Crippen molar-refractivity contribution >= 4 is 22.8 Å². The van der Waals surface area contributed by atoms with Gasteiger partial charge in [0.2, 0.25) is 0 Å². The van der Waals surface area contributed by atoms with E-state index in [2.05, 4.69) is 22.2 Å². The van der Waals surface area contributed by atoms with E-state index < -0.39 is 23.8 Å². The molecule has 1 unspecified atom stereocenters. The first kappa shape index (κ1) is 30.7. The summed E-state index contributed by atoms with van der Waals surface area (Å²) in [6.07, 6.45) is -7.23. The highest BCUT2D eigenvalue weighted by atomic mass is 19.4. The van der Waals surface area contributed by atoms with Crippen LogP contribution in [0.25, 0.3) is 0 Å². The highest BCUT2D eigenvalue weighted by Gasteiger charge is 2.41. The Hall–Kier alpha value is -4.32. The third-order valence-electron chi connectivity index (χ3n) is 4.46. The zero-order valence-electron chi connectivity index (χ0n) is 20.2. The van der Waals surface area contributed by atoms with E-state index in [0.29, 0.717) is 22.5 Å². The number of nitrogens with one attached hydrogen (secondary N) is 1. The number of halogens is 6. The monoisotopic (exact) mass is 522 g/mol. The lowest BCUT2D eigenvalue weighted by Crippen LogP contribution is -2.24. The fourth-order valence-corrected chi connectivity index (χ4v) is 2.71. The molecule has 1 aliphatic rings. The van der Waals surface area contributed by atoms with Gasteiger partial charge in [0.15, 0.2) is 0 Å². The van der Waals surface area contributed by atoms with Gasteiger partial charge in [-0.05, 0) is 57.2 Å². The lowest BCUT2D eigenvalue weighted by Gasteiger charge is -2.19. The van der Waals surface area contributed by atoms with Crippen LogP contribution in [0.4, 0.5) is 37.7 Å². The summed E-state index contributed by atoms with van der Waals surface area (Å²) in [7, 11) is 0. The summed E-state index contributed by atoms with van der Waals surface area (Å²) >= 11 is 0. The van der Waals surface area contributed by atoms with Crippen molar-refractivity contribution in [3.63, 3.8) is 0 Å². The number of nitriles is 2. The summed E-state index contributed by atoms with van der Waals surface area (Å²) in [5.41, 5.74) is 2.07. The van der Waals surface area contributed by atoms with Crippen molar-refractivity contribution in [2.24, 2.45) is 10.2 Å². The number of allylic oxidation sites excluding steroid dienone is 1. The van der Waals surface area contributed by atoms with Crippen molar-refractivity contribution in [2.75, 3.05) is 10.4 Å². The van der Waals surface area contributed by atoms with Crippen molar-refractivity contribution < 1.29 is 26.3 Å². The summed E-state index contributed by atoms with van der Waals surface area (Å²) in [5, 5.41) is 25.4. The normalized spacial score (nSPS) is 15.1. The van der Waals surface area contributed by atoms with Crippen molar-refractivity contribution in [3.8, 4) is 12.1 Å². The maximum atomic E-state index is 12.6. The first-order valence-electron chi connectivity index (χ1n) is 10.7. The third kappa shape index (κ3) is 10.1. The predicted molar refractivity (Wildman–Crippen MR) is 131 cm³/mol. The maximum Gasteiger partial charge on any atom is 0.431 e. The topological polar surface area (TPSA) is 87.6 Å². The first-order valence-corrected chi connectivity index (χ1v) is 10.7. The van der Waals surface area contributed by atoms with Gasteiger partial charge in [0, 0.05) is 6.42 Å². The number of hydrazone groups is 2. The van der Waals surface area contributed by atoms with Gasteiger partial charge < -0.3 is 0 Å². The van der Waals surface area contributed by atoms with Crippen LogP contribution in [0.5, 0.6) is 0 Å². The summed E-state index contributed by atoms with van der Waals surface area (Å²) in [6.45, 7) is 7.78. The van der Waals surface area contributed by atoms with Crippen LogP contribution in [-0.2, 0) is 0 Å². The number of hydrogen-bond acceptors (Lipinski definition) is 6. The fourth-order valence-electron chi connectivity index (χ4n) is 2.71. The molecule has 0 aliphatic carbocycles. The molecule has 0 saturated carbocycles. The van der Waals surface area contributed by atoms with E-state index in [1.165, 1.54) is 23.2 Å². The summed E-state index contributed by atoms with van der Waals surface area (Å²) in [6, 6.07) is 15.9. The van der Waals surface area contributed by atoms with Crippen LogP contribution in [0.2, 0.25) is 0 Å². The van der Waals surface area contributed by atoms with Crippen LogP contribution < -0.4 is 10.4 Å². The Balaban J connectivity index is 0.000000337. The second-order valence-corrected chi connectivity index (χ2v) is 7.51. The smallest absolute Gasteiger partial charge is 0.278 e. The van der Waals surface area contributed by atoms with Crippen LogP contribution in [0.1, 0.15) is 38.3 Å². The minimum absolute atomic E-state index is 0.139. The third-order valence-corrected chi connectivity index (χ3v) is 4.46. The van der Waals surface area contributed by atoms with E-state index in [1.807, 2.05) is 19.1 Å². The van der Waals surface area contributed by atoms with E-state index in [4.69, 9.17) is 10.5 Å². The molecule has 0 bridgehead atoms. The molecule has 196 valence electrons. The second-order valence-electron chi connectivity index (χ2n) is 7.51. The van der Waals surface area contributed by atoms with Gasteiger partial charge in [-0.25, -0.2) is 0 Å². The average Bonchev–Trinajstić information content (AvgIpc) is 3.25. The number of rotatable bonds is 3. The second kappa shape index (κ2) is 13.7. The molecule has 0 radical (unpaired) electrons. The van der Waals surface area contributed by atoms with E-state index in [0.717, 1.165) is 6.92 Å². The molecule has 0 aromatic heterocycles. The zero-order chi connectivity index (χ0) is 28.2. The summed E-state index contributed by atoms with van der Waals surface area (Å²) in [5.74, 6) is 0. The standard InChI is InChI=1S/C12H10F3N3.C10H8F3N3.C3H6/c1-8-5-11(12(13,14)15)17-18(8)10-4-2-3-9(6-10)7-16;1-7(10(11,12)13)15-16-9-4-2-3-8(5-9)6-14;1-3-2/h2-4,6,8H,5H2,1H3;2-5,16H,1H3;3H,1H2,2H3/b;15-7+;. The molecule has 1 N–H and O–H groups in total. The molecule has 0 saturated heterocycles. The average molecular weight is 522 g/mol. The minimum Gasteiger partial charge on any atom is -0.278 e. The zero-order valence-corrected chi connectivity index (χ0v) is 20.2. The lowest BCUT2D eigenvalue weighted by atomic mass is 10.1. The largest absolute Gasteiger partial charge is 0.431 e. The Kier molecular flexibility index (Phi) is 11.4. The van der Waals surface area contributed by atoms with Crippen LogP contribution in [0.3, 0.4) is 0 Å². The minimum atomic E-state index is -4.44. The molecule has 0 spiro atoms. The van der Waals surface area contributed by atoms with Gasteiger partial charge in [0.1, 0.15) is 11.4 Å². The molecule has 1 atom stereocenters. The molecule has 0 amide bonds. The lowest BCUT2D eigenvalue weighted by molar-refractivity contribution is -0.0605. The SMILES string of the molecule is C/C(=N\Nc1cccc(C#N)c1)C(F)(F)F.C=CC.CC1CC(C(F)(F)F)=NN1c1cccc(C#N)c1. The number of anilines is 2. The molecule has 3 rings (SSSR count). The maximum absolute atomic E-state index is 12.6. The number of alkyl halides is 6. The van der Waals surface area contributed by atoms with Gasteiger partial charge in [-0.15, -0.1) is 6.58 Å². The van der Waals surface area contributed by atoms with Gasteiger partial charge in [0.25, 0.3) is 0 Å². The van der Waals surface area contributed by atoms with E-state index in [-0.39, 0.29) is 12.5 Å². The Morgan fingerprint density at radius 2 is 1.62 bits per heavy atom. The Bertz CT molecular complexity index is 1200. The summed E-state index contributed by atoms with van der Waals surface area (Å²) in [4.78, 5) is 0. The molecule has 1 heterocycles. The van der Waals surface area contributed by atoms with Crippen molar-refractivity contribution in [2.45, 2.75) is 45.6 Å².